The van der Waals surface area contributed by atoms with Gasteiger partial charge in [0.1, 0.15) is 17.9 Å². The Balaban J connectivity index is 2.38. The first-order chi connectivity index (χ1) is 11.1. The number of rotatable bonds is 5. The van der Waals surface area contributed by atoms with Gasteiger partial charge in [0.15, 0.2) is 0 Å². The maximum Gasteiger partial charge on any atom is 0.136 e. The number of nitrogens with one attached hydrogen (secondary N) is 1. The van der Waals surface area contributed by atoms with Crippen molar-refractivity contribution in [2.75, 3.05) is 13.3 Å². The van der Waals surface area contributed by atoms with Crippen LogP contribution < -0.4 is 10.0 Å². The summed E-state index contributed by atoms with van der Waals surface area (Å²) in [6, 6.07) is 17.6. The average Bonchev–Trinajstić information content (AvgIpc) is 2.51. The Hall–Kier alpha value is -1.06. The Morgan fingerprint density at radius 1 is 0.958 bits per heavy atom. The highest BCUT2D eigenvalue weighted by Crippen LogP contribution is 2.35. The molecule has 1 unspecified atom stereocenters. The summed E-state index contributed by atoms with van der Waals surface area (Å²) in [6.45, 7) is 9.39. The van der Waals surface area contributed by atoms with Gasteiger partial charge in [-0.2, -0.15) is 0 Å². The van der Waals surface area contributed by atoms with Gasteiger partial charge in [-0.05, 0) is 45.2 Å². The smallest absolute Gasteiger partial charge is 0.136 e. The fourth-order valence-electron chi connectivity index (χ4n) is 2.28. The van der Waals surface area contributed by atoms with E-state index in [1.54, 1.807) is 13.3 Å². The third kappa shape index (κ3) is 4.97. The molecule has 2 aromatic rings. The standard InChI is InChI=1S/C19H26NO2PS/c1-19(2,3)24(22)20-18(15-9-7-6-8-10-15)16-11-13-17(14-12-16)23(4,5)21/h6-14,18,20H,1-5H3/t18-,24?/m0/s1. The van der Waals surface area contributed by atoms with Crippen LogP contribution in [0.1, 0.15) is 37.9 Å². The molecule has 0 saturated heterocycles. The third-order valence-corrected chi connectivity index (χ3v) is 6.87. The summed E-state index contributed by atoms with van der Waals surface area (Å²) < 4.78 is 27.7. The molecular weight excluding hydrogens is 337 g/mol. The van der Waals surface area contributed by atoms with Gasteiger partial charge < -0.3 is 9.12 Å². The van der Waals surface area contributed by atoms with E-state index in [0.29, 0.717) is 0 Å². The zero-order chi connectivity index (χ0) is 18.0. The predicted octanol–water partition coefficient (Wildman–Crippen LogP) is 4.08. The van der Waals surface area contributed by atoms with Crippen LogP contribution in [0.25, 0.3) is 0 Å². The normalized spacial score (nSPS) is 15.1. The second-order valence-corrected chi connectivity index (χ2v) is 12.5. The van der Waals surface area contributed by atoms with Crippen molar-refractivity contribution in [1.29, 1.82) is 0 Å². The molecule has 2 rings (SSSR count). The second kappa shape index (κ2) is 7.45. The van der Waals surface area contributed by atoms with E-state index >= 15 is 0 Å². The second-order valence-electron chi connectivity index (χ2n) is 7.29. The molecule has 2 aromatic carbocycles. The van der Waals surface area contributed by atoms with Crippen molar-refractivity contribution in [3.63, 3.8) is 0 Å². The highest BCUT2D eigenvalue weighted by molar-refractivity contribution is 7.90. The van der Waals surface area contributed by atoms with Gasteiger partial charge in [0.05, 0.1) is 0 Å². The maximum absolute atomic E-state index is 12.6. The maximum atomic E-state index is 12.6. The van der Waals surface area contributed by atoms with Gasteiger partial charge in [-0.1, -0.05) is 54.6 Å². The first-order valence-electron chi connectivity index (χ1n) is 7.97. The Morgan fingerprint density at radius 3 is 1.92 bits per heavy atom. The first kappa shape index (κ1) is 19.3. The molecule has 0 heterocycles. The molecule has 0 aromatic heterocycles. The largest absolute Gasteiger partial charge is 0.598 e. The van der Waals surface area contributed by atoms with Crippen molar-refractivity contribution in [2.24, 2.45) is 0 Å². The lowest BCUT2D eigenvalue weighted by molar-refractivity contribution is 0.535. The zero-order valence-corrected chi connectivity index (χ0v) is 16.7. The summed E-state index contributed by atoms with van der Waals surface area (Å²) in [5.41, 5.74) is 2.06. The molecule has 0 spiro atoms. The van der Waals surface area contributed by atoms with E-state index in [0.717, 1.165) is 16.4 Å². The van der Waals surface area contributed by atoms with Crippen LogP contribution in [0, 0.1) is 0 Å². The van der Waals surface area contributed by atoms with Crippen molar-refractivity contribution >= 4 is 23.8 Å². The molecule has 3 nitrogen and oxygen atoms in total. The van der Waals surface area contributed by atoms with Crippen molar-refractivity contribution in [2.45, 2.75) is 31.6 Å². The van der Waals surface area contributed by atoms with Crippen molar-refractivity contribution in [1.82, 2.24) is 4.72 Å². The molecule has 0 aliphatic carbocycles. The van der Waals surface area contributed by atoms with Gasteiger partial charge in [-0.3, -0.25) is 0 Å². The minimum absolute atomic E-state index is 0.173. The lowest BCUT2D eigenvalue weighted by Gasteiger charge is -2.28. The molecule has 0 amide bonds. The third-order valence-electron chi connectivity index (χ3n) is 3.76. The molecule has 5 heteroatoms. The van der Waals surface area contributed by atoms with E-state index in [-0.39, 0.29) is 10.8 Å². The Bertz CT molecular complexity index is 704. The topological polar surface area (TPSA) is 52.2 Å². The summed E-state index contributed by atoms with van der Waals surface area (Å²) in [7, 11) is -2.27. The fourth-order valence-corrected chi connectivity index (χ4v) is 3.99. The minimum Gasteiger partial charge on any atom is -0.598 e. The van der Waals surface area contributed by atoms with E-state index in [1.807, 2.05) is 75.4 Å². The Morgan fingerprint density at radius 2 is 1.46 bits per heavy atom. The molecule has 1 N–H and O–H groups in total. The molecule has 0 aliphatic heterocycles. The summed E-state index contributed by atoms with van der Waals surface area (Å²) in [5.74, 6) is 0. The summed E-state index contributed by atoms with van der Waals surface area (Å²) >= 11 is -1.20. The van der Waals surface area contributed by atoms with Gasteiger partial charge in [0.25, 0.3) is 0 Å². The monoisotopic (exact) mass is 363 g/mol. The first-order valence-corrected chi connectivity index (χ1v) is 11.7. The summed E-state index contributed by atoms with van der Waals surface area (Å²) in [4.78, 5) is 0. The zero-order valence-electron chi connectivity index (χ0n) is 14.9. The van der Waals surface area contributed by atoms with Crippen LogP contribution in [0.3, 0.4) is 0 Å². The Labute approximate surface area is 148 Å². The SMILES string of the molecule is CC(C)(C)[S+]([O-])N[C@@H](c1ccccc1)c1ccc(P(C)(C)=O)cc1. The van der Waals surface area contributed by atoms with Crippen LogP contribution in [0.4, 0.5) is 0 Å². The minimum atomic E-state index is -2.27. The van der Waals surface area contributed by atoms with Crippen LogP contribution in [0.2, 0.25) is 0 Å². The molecule has 130 valence electrons. The van der Waals surface area contributed by atoms with Gasteiger partial charge in [0.2, 0.25) is 0 Å². The van der Waals surface area contributed by atoms with Crippen LogP contribution in [-0.2, 0) is 15.9 Å². The molecule has 0 radical (unpaired) electrons. The quantitative estimate of drug-likeness (QED) is 0.643. The van der Waals surface area contributed by atoms with E-state index < -0.39 is 18.5 Å². The molecule has 0 saturated carbocycles. The Kier molecular flexibility index (Phi) is 5.98. The number of hydrogen-bond donors (Lipinski definition) is 1. The van der Waals surface area contributed by atoms with E-state index in [9.17, 15) is 9.12 Å². The predicted molar refractivity (Wildman–Crippen MR) is 105 cm³/mol. The molecular formula is C19H26NO2PS. The van der Waals surface area contributed by atoms with Gasteiger partial charge in [-0.25, -0.2) is 0 Å². The highest BCUT2D eigenvalue weighted by atomic mass is 32.2. The number of hydrogen-bond acceptors (Lipinski definition) is 3. The van der Waals surface area contributed by atoms with Crippen LogP contribution in [0.15, 0.2) is 54.6 Å². The average molecular weight is 363 g/mol. The highest BCUT2D eigenvalue weighted by Gasteiger charge is 2.30. The van der Waals surface area contributed by atoms with Gasteiger partial charge >= 0.3 is 0 Å². The van der Waals surface area contributed by atoms with Crippen molar-refractivity contribution in [3.8, 4) is 0 Å². The molecule has 2 atom stereocenters. The van der Waals surface area contributed by atoms with Crippen molar-refractivity contribution in [3.05, 3.63) is 65.7 Å². The molecule has 24 heavy (non-hydrogen) atoms. The van der Waals surface area contributed by atoms with E-state index in [2.05, 4.69) is 4.72 Å². The van der Waals surface area contributed by atoms with Crippen LogP contribution >= 0.6 is 7.14 Å². The van der Waals surface area contributed by atoms with Crippen LogP contribution in [0.5, 0.6) is 0 Å². The molecule has 0 bridgehead atoms. The fraction of sp³-hybridized carbons (Fsp3) is 0.368. The lowest BCUT2D eigenvalue weighted by atomic mass is 10.00. The van der Waals surface area contributed by atoms with Gasteiger partial charge in [0, 0.05) is 16.7 Å². The van der Waals surface area contributed by atoms with E-state index in [4.69, 9.17) is 0 Å². The van der Waals surface area contributed by atoms with Crippen LogP contribution in [-0.4, -0.2) is 22.6 Å². The van der Waals surface area contributed by atoms with Crippen molar-refractivity contribution < 1.29 is 9.12 Å². The van der Waals surface area contributed by atoms with E-state index in [1.165, 1.54) is 0 Å². The summed E-state index contributed by atoms with van der Waals surface area (Å²) in [6.07, 6.45) is 0. The number of benzene rings is 2. The van der Waals surface area contributed by atoms with Gasteiger partial charge in [-0.15, -0.1) is 4.72 Å². The molecule has 0 aliphatic rings. The molecule has 0 fully saturated rings. The lowest BCUT2D eigenvalue weighted by Crippen LogP contribution is -2.41. The summed E-state index contributed by atoms with van der Waals surface area (Å²) in [5, 5.41) is 0.856.